The van der Waals surface area contributed by atoms with Gasteiger partial charge in [-0.2, -0.15) is 0 Å². The second kappa shape index (κ2) is 14.2. The highest BCUT2D eigenvalue weighted by Gasteiger charge is 2.37. The predicted octanol–water partition coefficient (Wildman–Crippen LogP) is 6.89. The molecule has 0 bridgehead atoms. The van der Waals surface area contributed by atoms with E-state index in [-0.39, 0.29) is 17.8 Å². The second-order valence-electron chi connectivity index (χ2n) is 11.8. The average Bonchev–Trinajstić information content (AvgIpc) is 2.93. The number of carbonyl (C=O) groups excluding carboxylic acids is 2. The zero-order valence-corrected chi connectivity index (χ0v) is 24.9. The molecule has 2 heterocycles. The fourth-order valence-electron chi connectivity index (χ4n) is 4.71. The molecule has 4 rings (SSSR count). The van der Waals surface area contributed by atoms with E-state index >= 15 is 0 Å². The van der Waals surface area contributed by atoms with Crippen LogP contribution in [0, 0.1) is 5.92 Å². The molecule has 1 aliphatic rings. The highest BCUT2D eigenvalue weighted by molar-refractivity contribution is 5.82. The second-order valence-corrected chi connectivity index (χ2v) is 11.8. The van der Waals surface area contributed by atoms with Gasteiger partial charge in [0.2, 0.25) is 5.91 Å². The zero-order chi connectivity index (χ0) is 29.2. The van der Waals surface area contributed by atoms with Crippen LogP contribution in [0.5, 0.6) is 5.75 Å². The van der Waals surface area contributed by atoms with Gasteiger partial charge in [0.15, 0.2) is 5.82 Å². The highest BCUT2D eigenvalue weighted by atomic mass is 16.6. The number of amides is 1. The third-order valence-corrected chi connectivity index (χ3v) is 7.17. The fraction of sp³-hybridized carbons (Fsp3) is 0.471. The molecule has 1 aromatic heterocycles. The van der Waals surface area contributed by atoms with Crippen LogP contribution in [-0.2, 0) is 20.7 Å². The van der Waals surface area contributed by atoms with Gasteiger partial charge in [0, 0.05) is 43.0 Å². The molecule has 0 atom stereocenters. The molecule has 0 N–H and O–H groups in total. The van der Waals surface area contributed by atoms with Crippen LogP contribution in [0.1, 0.15) is 71.8 Å². The molecule has 41 heavy (non-hydrogen) atoms. The molecule has 7 heteroatoms. The van der Waals surface area contributed by atoms with Crippen molar-refractivity contribution >= 4 is 11.9 Å². The summed E-state index contributed by atoms with van der Waals surface area (Å²) in [5, 5.41) is 0. The lowest BCUT2D eigenvalue weighted by Gasteiger charge is -2.39. The van der Waals surface area contributed by atoms with Crippen molar-refractivity contribution < 1.29 is 19.1 Å². The van der Waals surface area contributed by atoms with E-state index in [1.807, 2.05) is 81.7 Å². The van der Waals surface area contributed by atoms with E-state index < -0.39 is 5.60 Å². The first-order valence-electron chi connectivity index (χ1n) is 14.9. The summed E-state index contributed by atoms with van der Waals surface area (Å²) in [6.45, 7) is 9.42. The SMILES string of the molecule is CCCCCCCOc1ccc(-c2cnc(-c3ccc(CCC(=O)N4CC(C(=O)OC(C)(C)C)C4)cc3)nc2)cc1. The molecule has 0 radical (unpaired) electrons. The van der Waals surface area contributed by atoms with Crippen LogP contribution in [0.2, 0.25) is 0 Å². The van der Waals surface area contributed by atoms with Crippen molar-refractivity contribution in [3.05, 3.63) is 66.5 Å². The molecule has 1 amide bonds. The Morgan fingerprint density at radius 2 is 1.49 bits per heavy atom. The lowest BCUT2D eigenvalue weighted by Crippen LogP contribution is -2.54. The average molecular weight is 558 g/mol. The summed E-state index contributed by atoms with van der Waals surface area (Å²) < 4.78 is 11.3. The highest BCUT2D eigenvalue weighted by Crippen LogP contribution is 2.25. The number of likely N-dealkylation sites (tertiary alicyclic amines) is 1. The Balaban J connectivity index is 1.21. The quantitative estimate of drug-likeness (QED) is 0.168. The van der Waals surface area contributed by atoms with Gasteiger partial charge in [-0.1, -0.05) is 69.0 Å². The Morgan fingerprint density at radius 1 is 0.854 bits per heavy atom. The number of carbonyl (C=O) groups is 2. The standard InChI is InChI=1S/C34H43N3O4/c1-5-6-7-8-9-20-40-30-17-15-26(16-18-30)28-21-35-32(36-22-28)27-13-10-25(11-14-27)12-19-31(38)37-23-29(24-37)33(39)41-34(2,3)4/h10-11,13-18,21-22,29H,5-9,12,19-20,23-24H2,1-4H3. The number of benzene rings is 2. The van der Waals surface area contributed by atoms with Gasteiger partial charge in [0.25, 0.3) is 0 Å². The Morgan fingerprint density at radius 3 is 2.12 bits per heavy atom. The molecule has 218 valence electrons. The first-order chi connectivity index (χ1) is 19.7. The molecule has 0 aliphatic carbocycles. The summed E-state index contributed by atoms with van der Waals surface area (Å²) in [7, 11) is 0. The fourth-order valence-corrected chi connectivity index (χ4v) is 4.71. The van der Waals surface area contributed by atoms with Crippen molar-refractivity contribution in [2.45, 2.75) is 78.2 Å². The van der Waals surface area contributed by atoms with Gasteiger partial charge >= 0.3 is 5.97 Å². The van der Waals surface area contributed by atoms with Crippen molar-refractivity contribution in [3.63, 3.8) is 0 Å². The van der Waals surface area contributed by atoms with E-state index in [1.54, 1.807) is 4.90 Å². The third-order valence-electron chi connectivity index (χ3n) is 7.17. The van der Waals surface area contributed by atoms with Crippen molar-refractivity contribution in [3.8, 4) is 28.3 Å². The van der Waals surface area contributed by atoms with Gasteiger partial charge in [-0.05, 0) is 56.9 Å². The van der Waals surface area contributed by atoms with Crippen LogP contribution in [0.15, 0.2) is 60.9 Å². The van der Waals surface area contributed by atoms with Gasteiger partial charge in [0.05, 0.1) is 12.5 Å². The van der Waals surface area contributed by atoms with Crippen LogP contribution in [-0.4, -0.2) is 52.0 Å². The molecule has 3 aromatic rings. The topological polar surface area (TPSA) is 81.6 Å². The van der Waals surface area contributed by atoms with Crippen LogP contribution >= 0.6 is 0 Å². The maximum atomic E-state index is 12.5. The van der Waals surface area contributed by atoms with Gasteiger partial charge < -0.3 is 14.4 Å². The van der Waals surface area contributed by atoms with Gasteiger partial charge in [-0.15, -0.1) is 0 Å². The third kappa shape index (κ3) is 9.13. The largest absolute Gasteiger partial charge is 0.494 e. The molecule has 1 aliphatic heterocycles. The number of aryl methyl sites for hydroxylation is 1. The lowest BCUT2D eigenvalue weighted by atomic mass is 9.98. The van der Waals surface area contributed by atoms with E-state index in [9.17, 15) is 9.59 Å². The molecule has 2 aromatic carbocycles. The summed E-state index contributed by atoms with van der Waals surface area (Å²) >= 11 is 0. The Labute approximate surface area is 244 Å². The van der Waals surface area contributed by atoms with Crippen LogP contribution < -0.4 is 4.74 Å². The van der Waals surface area contributed by atoms with E-state index in [4.69, 9.17) is 9.47 Å². The van der Waals surface area contributed by atoms with Crippen LogP contribution in [0.3, 0.4) is 0 Å². The predicted molar refractivity (Wildman–Crippen MR) is 161 cm³/mol. The summed E-state index contributed by atoms with van der Waals surface area (Å²) in [4.78, 5) is 35.6. The van der Waals surface area contributed by atoms with E-state index in [0.717, 1.165) is 41.0 Å². The lowest BCUT2D eigenvalue weighted by molar-refractivity contribution is -0.167. The van der Waals surface area contributed by atoms with Crippen molar-refractivity contribution in [1.29, 1.82) is 0 Å². The Kier molecular flexibility index (Phi) is 10.5. The summed E-state index contributed by atoms with van der Waals surface area (Å²) in [5.74, 6) is 1.17. The molecule has 1 fully saturated rings. The maximum Gasteiger partial charge on any atom is 0.313 e. The first kappa shape index (κ1) is 30.2. The summed E-state index contributed by atoms with van der Waals surface area (Å²) in [5.41, 5.74) is 3.50. The maximum absolute atomic E-state index is 12.5. The molecule has 0 spiro atoms. The Hall–Kier alpha value is -3.74. The zero-order valence-electron chi connectivity index (χ0n) is 24.9. The molecular weight excluding hydrogens is 514 g/mol. The Bertz CT molecular complexity index is 1260. The number of hydrogen-bond donors (Lipinski definition) is 0. The summed E-state index contributed by atoms with van der Waals surface area (Å²) in [6.07, 6.45) is 10.9. The van der Waals surface area contributed by atoms with Crippen molar-refractivity contribution in [2.75, 3.05) is 19.7 Å². The minimum absolute atomic E-state index is 0.0646. The normalized spacial score (nSPS) is 13.5. The number of aromatic nitrogens is 2. The van der Waals surface area contributed by atoms with Gasteiger partial charge in [0.1, 0.15) is 11.4 Å². The van der Waals surface area contributed by atoms with E-state index in [1.165, 1.54) is 25.7 Å². The number of ether oxygens (including phenoxy) is 2. The molecular formula is C34H43N3O4. The van der Waals surface area contributed by atoms with E-state index in [0.29, 0.717) is 31.8 Å². The number of hydrogen-bond acceptors (Lipinski definition) is 6. The molecule has 7 nitrogen and oxygen atoms in total. The number of unbranched alkanes of at least 4 members (excludes halogenated alkanes) is 4. The monoisotopic (exact) mass is 557 g/mol. The minimum atomic E-state index is -0.504. The smallest absolute Gasteiger partial charge is 0.313 e. The van der Waals surface area contributed by atoms with Gasteiger partial charge in [-0.3, -0.25) is 9.59 Å². The summed E-state index contributed by atoms with van der Waals surface area (Å²) in [6, 6.07) is 16.1. The number of esters is 1. The minimum Gasteiger partial charge on any atom is -0.494 e. The first-order valence-corrected chi connectivity index (χ1v) is 14.9. The van der Waals surface area contributed by atoms with Crippen molar-refractivity contribution in [1.82, 2.24) is 14.9 Å². The number of nitrogens with zero attached hydrogens (tertiary/aromatic N) is 3. The van der Waals surface area contributed by atoms with E-state index in [2.05, 4.69) is 16.9 Å². The molecule has 1 saturated heterocycles. The van der Waals surface area contributed by atoms with Crippen molar-refractivity contribution in [2.24, 2.45) is 5.92 Å². The molecule has 0 unspecified atom stereocenters. The molecule has 0 saturated carbocycles. The van der Waals surface area contributed by atoms with Crippen LogP contribution in [0.25, 0.3) is 22.5 Å². The van der Waals surface area contributed by atoms with Crippen LogP contribution in [0.4, 0.5) is 0 Å². The number of rotatable bonds is 13. The van der Waals surface area contributed by atoms with Gasteiger partial charge in [-0.25, -0.2) is 9.97 Å².